The molecule has 0 aromatic rings. The predicted octanol–water partition coefficient (Wildman–Crippen LogP) is 0.496. The number of nitrogens with zero attached hydrogens (tertiary/aromatic N) is 3. The Bertz CT molecular complexity index is 635. The molecule has 2 N–H and O–H groups in total. The van der Waals surface area contributed by atoms with E-state index in [1.165, 1.54) is 11.8 Å². The first-order valence-electron chi connectivity index (χ1n) is 9.13. The quantitative estimate of drug-likeness (QED) is 0.744. The van der Waals surface area contributed by atoms with Crippen molar-refractivity contribution < 1.29 is 9.59 Å². The topological polar surface area (TPSA) is 77.0 Å². The fourth-order valence-corrected chi connectivity index (χ4v) is 4.60. The predicted molar refractivity (Wildman–Crippen MR) is 98.1 cm³/mol. The van der Waals surface area contributed by atoms with Crippen LogP contribution in [0.1, 0.15) is 32.6 Å². The fraction of sp³-hybridized carbons (Fsp3) is 0.706. The van der Waals surface area contributed by atoms with Crippen molar-refractivity contribution in [3.8, 4) is 0 Å². The lowest BCUT2D eigenvalue weighted by atomic mass is 10.0. The van der Waals surface area contributed by atoms with E-state index in [9.17, 15) is 9.59 Å². The van der Waals surface area contributed by atoms with Crippen LogP contribution in [0.15, 0.2) is 15.6 Å². The molecule has 25 heavy (non-hydrogen) atoms. The smallest absolute Gasteiger partial charge is 0.260 e. The molecule has 2 amide bonds. The van der Waals surface area contributed by atoms with Crippen LogP contribution in [0.5, 0.6) is 0 Å². The number of allylic oxidation sites excluding steroid dienone is 1. The van der Waals surface area contributed by atoms with Crippen molar-refractivity contribution in [2.75, 3.05) is 32.7 Å². The lowest BCUT2D eigenvalue weighted by molar-refractivity contribution is -0.123. The van der Waals surface area contributed by atoms with E-state index in [-0.39, 0.29) is 17.9 Å². The first-order chi connectivity index (χ1) is 12.1. The van der Waals surface area contributed by atoms with Gasteiger partial charge in [-0.25, -0.2) is 0 Å². The second kappa shape index (κ2) is 6.99. The molecule has 2 fully saturated rings. The summed E-state index contributed by atoms with van der Waals surface area (Å²) in [5.74, 6) is 0.152. The highest BCUT2D eigenvalue weighted by Gasteiger charge is 2.34. The van der Waals surface area contributed by atoms with Crippen LogP contribution >= 0.6 is 11.8 Å². The molecule has 8 heteroatoms. The molecule has 0 atom stereocenters. The molecule has 1 saturated heterocycles. The third-order valence-corrected chi connectivity index (χ3v) is 6.38. The van der Waals surface area contributed by atoms with Gasteiger partial charge in [-0.15, -0.1) is 0 Å². The van der Waals surface area contributed by atoms with Gasteiger partial charge in [0, 0.05) is 37.4 Å². The van der Waals surface area contributed by atoms with Gasteiger partial charge in [0.2, 0.25) is 5.91 Å². The molecular weight excluding hydrogens is 338 g/mol. The Kier molecular flexibility index (Phi) is 4.73. The number of likely N-dealkylation sites (tertiary alicyclic amines) is 1. The Labute approximate surface area is 152 Å². The Morgan fingerprint density at radius 2 is 1.84 bits per heavy atom. The highest BCUT2D eigenvalue weighted by Crippen LogP contribution is 2.36. The van der Waals surface area contributed by atoms with Crippen molar-refractivity contribution in [2.24, 2.45) is 4.99 Å². The molecular formula is C17H25N5O2S. The Hall–Kier alpha value is -1.54. The molecule has 0 aromatic heterocycles. The number of piperidine rings is 1. The number of hydrogen-bond donors (Lipinski definition) is 2. The van der Waals surface area contributed by atoms with Crippen LogP contribution in [0.4, 0.5) is 0 Å². The normalized spacial score (nSPS) is 24.4. The SMILES string of the molecule is CC1=C(C(=O)NC2CCN(CC(=O)NC3CC3)CC2)SC2=NCCN21. The van der Waals surface area contributed by atoms with Gasteiger partial charge in [0.25, 0.3) is 5.91 Å². The number of amides is 2. The molecule has 3 aliphatic heterocycles. The van der Waals surface area contributed by atoms with E-state index in [1.807, 2.05) is 6.92 Å². The molecule has 1 saturated carbocycles. The second-order valence-electron chi connectivity index (χ2n) is 7.20. The minimum absolute atomic E-state index is 0.0181. The van der Waals surface area contributed by atoms with Gasteiger partial charge in [0.15, 0.2) is 5.17 Å². The Morgan fingerprint density at radius 1 is 1.12 bits per heavy atom. The molecule has 0 aromatic carbocycles. The second-order valence-corrected chi connectivity index (χ2v) is 8.18. The van der Waals surface area contributed by atoms with Gasteiger partial charge in [-0.3, -0.25) is 19.5 Å². The average molecular weight is 363 g/mol. The summed E-state index contributed by atoms with van der Waals surface area (Å²) in [5, 5.41) is 7.16. The summed E-state index contributed by atoms with van der Waals surface area (Å²) in [7, 11) is 0. The summed E-state index contributed by atoms with van der Waals surface area (Å²) in [4.78, 5) is 34.0. The highest BCUT2D eigenvalue weighted by molar-refractivity contribution is 8.18. The van der Waals surface area contributed by atoms with E-state index in [2.05, 4.69) is 25.4 Å². The third-order valence-electron chi connectivity index (χ3n) is 5.17. The van der Waals surface area contributed by atoms with Gasteiger partial charge in [-0.05, 0) is 44.4 Å². The molecule has 4 rings (SSSR count). The van der Waals surface area contributed by atoms with E-state index in [0.717, 1.165) is 67.6 Å². The van der Waals surface area contributed by atoms with E-state index >= 15 is 0 Å². The van der Waals surface area contributed by atoms with E-state index in [0.29, 0.717) is 12.6 Å². The van der Waals surface area contributed by atoms with Crippen LogP contribution in [-0.4, -0.2) is 71.6 Å². The van der Waals surface area contributed by atoms with Crippen LogP contribution < -0.4 is 10.6 Å². The number of carbonyl (C=O) groups excluding carboxylic acids is 2. The lowest BCUT2D eigenvalue weighted by Gasteiger charge is -2.31. The van der Waals surface area contributed by atoms with Gasteiger partial charge < -0.3 is 15.5 Å². The van der Waals surface area contributed by atoms with Gasteiger partial charge in [0.1, 0.15) is 0 Å². The Balaban J connectivity index is 1.23. The number of thioether (sulfide) groups is 1. The van der Waals surface area contributed by atoms with Crippen molar-refractivity contribution in [2.45, 2.75) is 44.7 Å². The number of rotatable bonds is 5. The van der Waals surface area contributed by atoms with Crippen LogP contribution in [-0.2, 0) is 9.59 Å². The first-order valence-corrected chi connectivity index (χ1v) is 9.95. The number of nitrogens with one attached hydrogen (secondary N) is 2. The molecule has 1 aliphatic carbocycles. The molecule has 4 aliphatic rings. The van der Waals surface area contributed by atoms with E-state index in [1.54, 1.807) is 0 Å². The van der Waals surface area contributed by atoms with Crippen molar-refractivity contribution in [1.82, 2.24) is 20.4 Å². The number of hydrogen-bond acceptors (Lipinski definition) is 6. The maximum atomic E-state index is 12.6. The van der Waals surface area contributed by atoms with Crippen LogP contribution in [0, 0.1) is 0 Å². The summed E-state index contributed by atoms with van der Waals surface area (Å²) in [6, 6.07) is 0.609. The van der Waals surface area contributed by atoms with Gasteiger partial charge in [-0.2, -0.15) is 0 Å². The summed E-state index contributed by atoms with van der Waals surface area (Å²) in [5.41, 5.74) is 1.02. The van der Waals surface area contributed by atoms with Gasteiger partial charge in [-0.1, -0.05) is 0 Å². The van der Waals surface area contributed by atoms with Gasteiger partial charge >= 0.3 is 0 Å². The molecule has 3 heterocycles. The average Bonchev–Trinajstić information content (AvgIpc) is 3.17. The zero-order valence-electron chi connectivity index (χ0n) is 14.6. The third kappa shape index (κ3) is 3.84. The maximum absolute atomic E-state index is 12.6. The monoisotopic (exact) mass is 363 g/mol. The molecule has 0 radical (unpaired) electrons. The molecule has 7 nitrogen and oxygen atoms in total. The molecule has 136 valence electrons. The van der Waals surface area contributed by atoms with Crippen molar-refractivity contribution in [3.63, 3.8) is 0 Å². The summed E-state index contributed by atoms with van der Waals surface area (Å²) < 4.78 is 0. The largest absolute Gasteiger partial charge is 0.352 e. The minimum atomic E-state index is 0.0181. The van der Waals surface area contributed by atoms with Crippen LogP contribution in [0.2, 0.25) is 0 Å². The molecule has 0 spiro atoms. The summed E-state index contributed by atoms with van der Waals surface area (Å²) >= 11 is 1.49. The Morgan fingerprint density at radius 3 is 2.52 bits per heavy atom. The van der Waals surface area contributed by atoms with Gasteiger partial charge in [0.05, 0.1) is 18.0 Å². The summed E-state index contributed by atoms with van der Waals surface area (Å²) in [6.07, 6.45) is 4.03. The van der Waals surface area contributed by atoms with Crippen molar-refractivity contribution in [1.29, 1.82) is 0 Å². The first kappa shape index (κ1) is 16.9. The number of carbonyl (C=O) groups is 2. The van der Waals surface area contributed by atoms with Crippen LogP contribution in [0.25, 0.3) is 0 Å². The standard InChI is InChI=1S/C17H25N5O2S/c1-11-15(25-17-18-6-9-22(11)17)16(24)20-13-4-7-21(8-5-13)10-14(23)19-12-2-3-12/h12-13H,2-10H2,1H3,(H,19,23)(H,20,24). The number of amidine groups is 1. The zero-order valence-corrected chi connectivity index (χ0v) is 15.4. The van der Waals surface area contributed by atoms with Crippen molar-refractivity contribution in [3.05, 3.63) is 10.6 Å². The summed E-state index contributed by atoms with van der Waals surface area (Å²) in [6.45, 7) is 5.89. The zero-order chi connectivity index (χ0) is 17.4. The highest BCUT2D eigenvalue weighted by atomic mass is 32.2. The maximum Gasteiger partial charge on any atom is 0.260 e. The fourth-order valence-electron chi connectivity index (χ4n) is 3.51. The number of fused-ring (bicyclic) bond motifs is 1. The molecule has 0 bridgehead atoms. The molecule has 0 unspecified atom stereocenters. The number of aliphatic imine (C=N–C) groups is 1. The lowest BCUT2D eigenvalue weighted by Crippen LogP contribution is -2.47. The van der Waals surface area contributed by atoms with Crippen LogP contribution in [0.3, 0.4) is 0 Å². The van der Waals surface area contributed by atoms with E-state index in [4.69, 9.17) is 0 Å². The van der Waals surface area contributed by atoms with Crippen molar-refractivity contribution >= 4 is 28.7 Å². The van der Waals surface area contributed by atoms with E-state index < -0.39 is 0 Å². The minimum Gasteiger partial charge on any atom is -0.352 e.